The monoisotopic (exact) mass is 362 g/mol. The molecular weight excluding hydrogens is 340 g/mol. The predicted octanol–water partition coefficient (Wildman–Crippen LogP) is 3.47. The summed E-state index contributed by atoms with van der Waals surface area (Å²) in [6.45, 7) is 0. The summed E-state index contributed by atoms with van der Waals surface area (Å²) in [6, 6.07) is 13.8. The van der Waals surface area contributed by atoms with E-state index in [1.165, 1.54) is 7.11 Å². The number of unbranched alkanes of at least 4 members (excludes halogenated alkanes) is 1. The van der Waals surface area contributed by atoms with Crippen LogP contribution < -0.4 is 4.74 Å². The zero-order valence-corrected chi connectivity index (χ0v) is 15.0. The largest absolute Gasteiger partial charge is 0.497 e. The van der Waals surface area contributed by atoms with E-state index in [-0.39, 0.29) is 17.1 Å². The van der Waals surface area contributed by atoms with Gasteiger partial charge in [0.15, 0.2) is 9.84 Å². The molecule has 0 saturated heterocycles. The van der Waals surface area contributed by atoms with Gasteiger partial charge in [-0.25, -0.2) is 8.42 Å². The first-order chi connectivity index (χ1) is 11.9. The lowest BCUT2D eigenvalue weighted by atomic mass is 10.1. The van der Waals surface area contributed by atoms with Crippen LogP contribution in [0.2, 0.25) is 0 Å². The van der Waals surface area contributed by atoms with E-state index in [0.717, 1.165) is 24.0 Å². The molecule has 1 N–H and O–H groups in total. The van der Waals surface area contributed by atoms with Crippen LogP contribution in [0.4, 0.5) is 0 Å². The topological polar surface area (TPSA) is 80.7 Å². The molecule has 0 aliphatic heterocycles. The van der Waals surface area contributed by atoms with Crippen molar-refractivity contribution < 1.29 is 23.1 Å². The molecule has 5 nitrogen and oxygen atoms in total. The Labute approximate surface area is 148 Å². The molecule has 134 valence electrons. The average Bonchev–Trinajstić information content (AvgIpc) is 2.58. The second kappa shape index (κ2) is 8.67. The van der Waals surface area contributed by atoms with Crippen molar-refractivity contribution in [2.45, 2.75) is 36.3 Å². The molecule has 0 bridgehead atoms. The van der Waals surface area contributed by atoms with Crippen molar-refractivity contribution in [1.29, 1.82) is 0 Å². The Morgan fingerprint density at radius 3 is 2.36 bits per heavy atom. The Morgan fingerprint density at radius 2 is 1.72 bits per heavy atom. The molecule has 25 heavy (non-hydrogen) atoms. The molecule has 0 heterocycles. The van der Waals surface area contributed by atoms with E-state index < -0.39 is 15.8 Å². The highest BCUT2D eigenvalue weighted by molar-refractivity contribution is 7.90. The lowest BCUT2D eigenvalue weighted by Crippen LogP contribution is -2.05. The molecule has 0 spiro atoms. The third-order valence-electron chi connectivity index (χ3n) is 3.87. The van der Waals surface area contributed by atoms with Gasteiger partial charge in [0.05, 0.1) is 17.8 Å². The number of hydrogen-bond donors (Lipinski definition) is 1. The zero-order chi connectivity index (χ0) is 18.3. The van der Waals surface area contributed by atoms with Crippen LogP contribution in [0.5, 0.6) is 5.75 Å². The normalized spacial score (nSPS) is 11.2. The van der Waals surface area contributed by atoms with E-state index in [1.54, 1.807) is 30.3 Å². The van der Waals surface area contributed by atoms with Crippen LogP contribution in [-0.4, -0.2) is 26.6 Å². The molecule has 0 unspecified atom stereocenters. The number of aryl methyl sites for hydroxylation is 1. The third-order valence-corrected chi connectivity index (χ3v) is 5.58. The summed E-state index contributed by atoms with van der Waals surface area (Å²) < 4.78 is 30.1. The van der Waals surface area contributed by atoms with E-state index >= 15 is 0 Å². The van der Waals surface area contributed by atoms with Crippen molar-refractivity contribution >= 4 is 15.8 Å². The van der Waals surface area contributed by atoms with E-state index in [4.69, 9.17) is 9.84 Å². The van der Waals surface area contributed by atoms with Crippen molar-refractivity contribution in [3.05, 3.63) is 59.7 Å². The van der Waals surface area contributed by atoms with Gasteiger partial charge >= 0.3 is 5.97 Å². The maximum Gasteiger partial charge on any atom is 0.303 e. The molecule has 2 aromatic rings. The minimum atomic E-state index is -3.42. The molecule has 0 aliphatic rings. The van der Waals surface area contributed by atoms with Gasteiger partial charge < -0.3 is 9.84 Å². The Bertz CT molecular complexity index is 810. The van der Waals surface area contributed by atoms with E-state index in [0.29, 0.717) is 12.2 Å². The van der Waals surface area contributed by atoms with Crippen LogP contribution in [-0.2, 0) is 26.8 Å². The highest BCUT2D eigenvalue weighted by atomic mass is 32.2. The number of sulfone groups is 1. The SMILES string of the molecule is COc1ccc(S(=O)(=O)Cc2cccc(CCCCC(=O)O)c2)cc1. The van der Waals surface area contributed by atoms with Gasteiger partial charge in [-0.3, -0.25) is 4.79 Å². The lowest BCUT2D eigenvalue weighted by Gasteiger charge is -2.08. The molecule has 0 aliphatic carbocycles. The number of rotatable bonds is 9. The Kier molecular flexibility index (Phi) is 6.58. The van der Waals surface area contributed by atoms with Gasteiger partial charge in [-0.2, -0.15) is 0 Å². The van der Waals surface area contributed by atoms with E-state index in [2.05, 4.69) is 0 Å². The molecule has 2 rings (SSSR count). The number of methoxy groups -OCH3 is 1. The summed E-state index contributed by atoms with van der Waals surface area (Å²) in [7, 11) is -1.89. The second-order valence-corrected chi connectivity index (χ2v) is 7.84. The Balaban J connectivity index is 2.03. The average molecular weight is 362 g/mol. The first-order valence-electron chi connectivity index (χ1n) is 8.07. The van der Waals surface area contributed by atoms with Gasteiger partial charge in [0, 0.05) is 6.42 Å². The molecule has 0 amide bonds. The highest BCUT2D eigenvalue weighted by Crippen LogP contribution is 2.20. The van der Waals surface area contributed by atoms with Crippen molar-refractivity contribution in [3.63, 3.8) is 0 Å². The number of carbonyl (C=O) groups is 1. The summed E-state index contributed by atoms with van der Waals surface area (Å²) in [5, 5.41) is 8.65. The van der Waals surface area contributed by atoms with Crippen LogP contribution >= 0.6 is 0 Å². The van der Waals surface area contributed by atoms with E-state index in [9.17, 15) is 13.2 Å². The predicted molar refractivity (Wildman–Crippen MR) is 95.5 cm³/mol. The number of aliphatic carboxylic acids is 1. The van der Waals surface area contributed by atoms with Crippen LogP contribution in [0, 0.1) is 0 Å². The summed E-state index contributed by atoms with van der Waals surface area (Å²) >= 11 is 0. The van der Waals surface area contributed by atoms with Crippen molar-refractivity contribution in [2.24, 2.45) is 0 Å². The maximum atomic E-state index is 12.5. The molecule has 0 saturated carbocycles. The molecular formula is C19H22O5S. The number of carboxylic acid groups (broad SMARTS) is 1. The quantitative estimate of drug-likeness (QED) is 0.691. The first-order valence-corrected chi connectivity index (χ1v) is 9.72. The Morgan fingerprint density at radius 1 is 1.04 bits per heavy atom. The molecule has 6 heteroatoms. The Hall–Kier alpha value is -2.34. The fraction of sp³-hybridized carbons (Fsp3) is 0.316. The minimum absolute atomic E-state index is 0.0672. The van der Waals surface area contributed by atoms with E-state index in [1.807, 2.05) is 18.2 Å². The van der Waals surface area contributed by atoms with Gasteiger partial charge in [-0.05, 0) is 54.7 Å². The molecule has 0 atom stereocenters. The number of carboxylic acids is 1. The smallest absolute Gasteiger partial charge is 0.303 e. The number of ether oxygens (including phenoxy) is 1. The van der Waals surface area contributed by atoms with Gasteiger partial charge in [0.1, 0.15) is 5.75 Å². The third kappa shape index (κ3) is 5.90. The summed E-state index contributed by atoms with van der Waals surface area (Å²) in [5.74, 6) is -0.246. The minimum Gasteiger partial charge on any atom is -0.497 e. The van der Waals surface area contributed by atoms with Gasteiger partial charge in [-0.1, -0.05) is 24.3 Å². The van der Waals surface area contributed by atoms with Crippen LogP contribution in [0.15, 0.2) is 53.4 Å². The molecule has 0 radical (unpaired) electrons. The molecule has 0 fully saturated rings. The summed E-state index contributed by atoms with van der Waals surface area (Å²) in [6.07, 6.45) is 2.28. The lowest BCUT2D eigenvalue weighted by molar-refractivity contribution is -0.137. The fourth-order valence-electron chi connectivity index (χ4n) is 2.57. The fourth-order valence-corrected chi connectivity index (χ4v) is 3.90. The summed E-state index contributed by atoms with van der Waals surface area (Å²) in [5.41, 5.74) is 1.75. The van der Waals surface area contributed by atoms with Crippen molar-refractivity contribution in [2.75, 3.05) is 7.11 Å². The van der Waals surface area contributed by atoms with Gasteiger partial charge in [0.2, 0.25) is 0 Å². The van der Waals surface area contributed by atoms with Gasteiger partial charge in [-0.15, -0.1) is 0 Å². The standard InChI is InChI=1S/C19H22O5S/c1-24-17-9-11-18(12-10-17)25(22,23)14-16-7-4-6-15(13-16)5-2-3-8-19(20)21/h4,6-7,9-13H,2-3,5,8,14H2,1H3,(H,20,21). The highest BCUT2D eigenvalue weighted by Gasteiger charge is 2.15. The van der Waals surface area contributed by atoms with Crippen molar-refractivity contribution in [1.82, 2.24) is 0 Å². The summed E-state index contributed by atoms with van der Waals surface area (Å²) in [4.78, 5) is 10.8. The first kappa shape index (κ1) is 19.0. The maximum absolute atomic E-state index is 12.5. The van der Waals surface area contributed by atoms with Crippen molar-refractivity contribution in [3.8, 4) is 5.75 Å². The van der Waals surface area contributed by atoms with Gasteiger partial charge in [0.25, 0.3) is 0 Å². The number of hydrogen-bond acceptors (Lipinski definition) is 4. The number of benzene rings is 2. The van der Waals surface area contributed by atoms with Crippen LogP contribution in [0.3, 0.4) is 0 Å². The molecule has 2 aromatic carbocycles. The zero-order valence-electron chi connectivity index (χ0n) is 14.1. The second-order valence-electron chi connectivity index (χ2n) is 5.86. The molecule has 0 aromatic heterocycles. The van der Waals surface area contributed by atoms with Crippen LogP contribution in [0.1, 0.15) is 30.4 Å². The van der Waals surface area contributed by atoms with Crippen LogP contribution in [0.25, 0.3) is 0 Å².